The van der Waals surface area contributed by atoms with Crippen LogP contribution in [0.3, 0.4) is 0 Å². The molecule has 3 nitrogen and oxygen atoms in total. The lowest BCUT2D eigenvalue weighted by molar-refractivity contribution is 0.111. The van der Waals surface area contributed by atoms with Gasteiger partial charge in [-0.1, -0.05) is 34.8 Å². The maximum atomic E-state index is 11.1. The highest BCUT2D eigenvalue weighted by Crippen LogP contribution is 2.35. The molecule has 0 radical (unpaired) electrons. The fourth-order valence-corrected chi connectivity index (χ4v) is 2.37. The van der Waals surface area contributed by atoms with Crippen molar-refractivity contribution in [1.29, 1.82) is 0 Å². The van der Waals surface area contributed by atoms with Crippen molar-refractivity contribution in [1.82, 2.24) is 0 Å². The Balaban J connectivity index is 2.31. The van der Waals surface area contributed by atoms with Crippen LogP contribution in [0.1, 0.15) is 15.9 Å². The molecule has 0 aromatic heterocycles. The lowest BCUT2D eigenvalue weighted by Gasteiger charge is -2.14. The molecule has 6 heteroatoms. The second-order valence-corrected chi connectivity index (χ2v) is 5.45. The topological polar surface area (TPSA) is 35.5 Å². The molecule has 0 saturated carbocycles. The van der Waals surface area contributed by atoms with E-state index in [1.165, 1.54) is 13.2 Å². The van der Waals surface area contributed by atoms with Gasteiger partial charge in [0.25, 0.3) is 0 Å². The van der Waals surface area contributed by atoms with E-state index in [4.69, 9.17) is 44.3 Å². The average molecular weight is 346 g/mol. The molecule has 0 aliphatic carbocycles. The molecule has 0 aliphatic heterocycles. The molecule has 2 rings (SSSR count). The molecule has 0 bridgehead atoms. The zero-order valence-corrected chi connectivity index (χ0v) is 13.3. The van der Waals surface area contributed by atoms with Gasteiger partial charge in [-0.05, 0) is 24.3 Å². The van der Waals surface area contributed by atoms with Gasteiger partial charge < -0.3 is 9.47 Å². The van der Waals surface area contributed by atoms with Crippen LogP contribution < -0.4 is 9.47 Å². The number of hydrogen-bond donors (Lipinski definition) is 0. The number of methoxy groups -OCH3 is 1. The maximum Gasteiger partial charge on any atom is 0.172 e. The summed E-state index contributed by atoms with van der Waals surface area (Å²) in [6.07, 6.45) is 0.656. The molecule has 0 unspecified atom stereocenters. The number of hydrogen-bond acceptors (Lipinski definition) is 3. The minimum absolute atomic E-state index is 0.151. The van der Waals surface area contributed by atoms with Gasteiger partial charge in [-0.3, -0.25) is 4.79 Å². The molecule has 0 heterocycles. The summed E-state index contributed by atoms with van der Waals surface area (Å²) in [6, 6.07) is 8.15. The van der Waals surface area contributed by atoms with E-state index in [1.807, 2.05) is 0 Å². The minimum atomic E-state index is 0.151. The highest BCUT2D eigenvalue weighted by Gasteiger charge is 2.13. The van der Waals surface area contributed by atoms with Crippen LogP contribution in [0.25, 0.3) is 0 Å². The highest BCUT2D eigenvalue weighted by molar-refractivity contribution is 6.33. The van der Waals surface area contributed by atoms with Gasteiger partial charge in [0.05, 0.1) is 12.7 Å². The smallest absolute Gasteiger partial charge is 0.172 e. The zero-order valence-electron chi connectivity index (χ0n) is 11.0. The fraction of sp³-hybridized carbons (Fsp3) is 0.133. The Labute approximate surface area is 137 Å². The molecule has 0 N–H and O–H groups in total. The van der Waals surface area contributed by atoms with E-state index < -0.39 is 0 Å². The predicted molar refractivity (Wildman–Crippen MR) is 84.2 cm³/mol. The Morgan fingerprint density at radius 2 is 1.86 bits per heavy atom. The van der Waals surface area contributed by atoms with Gasteiger partial charge in [0.2, 0.25) is 0 Å². The first-order valence-electron chi connectivity index (χ1n) is 5.94. The van der Waals surface area contributed by atoms with Gasteiger partial charge in [-0.15, -0.1) is 0 Å². The Morgan fingerprint density at radius 1 is 1.10 bits per heavy atom. The third-order valence-corrected chi connectivity index (χ3v) is 3.60. The number of rotatable bonds is 5. The van der Waals surface area contributed by atoms with Gasteiger partial charge in [-0.2, -0.15) is 0 Å². The molecular weight excluding hydrogens is 335 g/mol. The number of aldehydes is 1. The summed E-state index contributed by atoms with van der Waals surface area (Å²) in [7, 11) is 1.47. The second-order valence-electron chi connectivity index (χ2n) is 4.17. The van der Waals surface area contributed by atoms with Crippen LogP contribution >= 0.6 is 34.8 Å². The van der Waals surface area contributed by atoms with E-state index in [0.29, 0.717) is 44.0 Å². The summed E-state index contributed by atoms with van der Waals surface area (Å²) < 4.78 is 10.9. The van der Waals surface area contributed by atoms with E-state index in [0.717, 1.165) is 0 Å². The monoisotopic (exact) mass is 344 g/mol. The van der Waals surface area contributed by atoms with Crippen LogP contribution in [0, 0.1) is 0 Å². The summed E-state index contributed by atoms with van der Waals surface area (Å²) in [5.74, 6) is 0.690. The summed E-state index contributed by atoms with van der Waals surface area (Å²) in [6.45, 7) is 0.151. The molecule has 21 heavy (non-hydrogen) atoms. The van der Waals surface area contributed by atoms with Gasteiger partial charge >= 0.3 is 0 Å². The minimum Gasteiger partial charge on any atom is -0.493 e. The van der Waals surface area contributed by atoms with E-state index in [-0.39, 0.29) is 6.61 Å². The molecule has 0 aliphatic rings. The van der Waals surface area contributed by atoms with Gasteiger partial charge in [0.1, 0.15) is 6.61 Å². The van der Waals surface area contributed by atoms with E-state index >= 15 is 0 Å². The lowest BCUT2D eigenvalue weighted by Crippen LogP contribution is -2.01. The van der Waals surface area contributed by atoms with Crippen molar-refractivity contribution in [3.8, 4) is 11.5 Å². The van der Waals surface area contributed by atoms with Gasteiger partial charge in [0, 0.05) is 26.7 Å². The lowest BCUT2D eigenvalue weighted by atomic mass is 10.2. The Bertz CT molecular complexity index is 671. The van der Waals surface area contributed by atoms with Crippen LogP contribution in [0.2, 0.25) is 15.1 Å². The number of ether oxygens (including phenoxy) is 2. The van der Waals surface area contributed by atoms with Gasteiger partial charge in [0.15, 0.2) is 17.8 Å². The van der Waals surface area contributed by atoms with Crippen LogP contribution in [-0.2, 0) is 6.61 Å². The van der Waals surface area contributed by atoms with Crippen molar-refractivity contribution < 1.29 is 14.3 Å². The summed E-state index contributed by atoms with van der Waals surface area (Å²) in [5.41, 5.74) is 1.01. The van der Waals surface area contributed by atoms with Crippen molar-refractivity contribution in [2.75, 3.05) is 7.11 Å². The van der Waals surface area contributed by atoms with Gasteiger partial charge in [-0.25, -0.2) is 0 Å². The van der Waals surface area contributed by atoms with Crippen molar-refractivity contribution in [3.05, 3.63) is 56.5 Å². The molecule has 0 spiro atoms. The maximum absolute atomic E-state index is 11.1. The molecule has 0 amide bonds. The van der Waals surface area contributed by atoms with Crippen molar-refractivity contribution >= 4 is 41.1 Å². The first-order chi connectivity index (χ1) is 10.0. The Hall–Kier alpha value is -1.42. The van der Waals surface area contributed by atoms with Crippen LogP contribution in [0.15, 0.2) is 30.3 Å². The third kappa shape index (κ3) is 3.82. The van der Waals surface area contributed by atoms with E-state index in [1.54, 1.807) is 24.3 Å². The summed E-state index contributed by atoms with van der Waals surface area (Å²) >= 11 is 17.9. The molecule has 110 valence electrons. The molecule has 2 aromatic carbocycles. The fourth-order valence-electron chi connectivity index (χ4n) is 1.79. The normalized spacial score (nSPS) is 10.3. The first kappa shape index (κ1) is 16.0. The van der Waals surface area contributed by atoms with E-state index in [9.17, 15) is 4.79 Å². The predicted octanol–water partition coefficient (Wildman–Crippen LogP) is 5.05. The average Bonchev–Trinajstić information content (AvgIpc) is 2.48. The molecule has 0 atom stereocenters. The van der Waals surface area contributed by atoms with Crippen LogP contribution in [0.4, 0.5) is 0 Å². The molecular formula is C15H11Cl3O3. The van der Waals surface area contributed by atoms with E-state index in [2.05, 4.69) is 0 Å². The summed E-state index contributed by atoms with van der Waals surface area (Å²) in [4.78, 5) is 11.1. The van der Waals surface area contributed by atoms with Crippen LogP contribution in [0.5, 0.6) is 11.5 Å². The van der Waals surface area contributed by atoms with Crippen molar-refractivity contribution in [2.24, 2.45) is 0 Å². The molecule has 2 aromatic rings. The molecule has 0 fully saturated rings. The summed E-state index contributed by atoms with van der Waals surface area (Å²) in [5, 5.41) is 1.47. The first-order valence-corrected chi connectivity index (χ1v) is 7.08. The largest absolute Gasteiger partial charge is 0.493 e. The third-order valence-electron chi connectivity index (χ3n) is 2.78. The van der Waals surface area contributed by atoms with Crippen LogP contribution in [-0.4, -0.2) is 13.4 Å². The zero-order chi connectivity index (χ0) is 15.4. The van der Waals surface area contributed by atoms with Crippen molar-refractivity contribution in [3.63, 3.8) is 0 Å². The highest BCUT2D eigenvalue weighted by atomic mass is 35.5. The number of carbonyl (C=O) groups excluding carboxylic acids is 1. The Morgan fingerprint density at radius 3 is 2.52 bits per heavy atom. The SMILES string of the molecule is COc1cc(Cl)cc(C=O)c1OCc1cc(Cl)ccc1Cl. The standard InChI is InChI=1S/C15H11Cl3O3/c1-20-14-6-12(17)4-9(7-19)15(14)21-8-10-5-11(16)2-3-13(10)18/h2-7H,8H2,1H3. The Kier molecular flexibility index (Phi) is 5.34. The second kappa shape index (κ2) is 7.03. The number of halogens is 3. The number of benzene rings is 2. The number of carbonyl (C=O) groups is 1. The van der Waals surface area contributed by atoms with Crippen molar-refractivity contribution in [2.45, 2.75) is 6.61 Å². The molecule has 0 saturated heterocycles. The quantitative estimate of drug-likeness (QED) is 0.712.